The molecular weight excluding hydrogens is 238 g/mol. The molecule has 1 atom stereocenters. The van der Waals surface area contributed by atoms with Crippen LogP contribution in [0.2, 0.25) is 0 Å². The molecule has 2 N–H and O–H groups in total. The van der Waals surface area contributed by atoms with Crippen molar-refractivity contribution in [2.75, 3.05) is 26.3 Å². The van der Waals surface area contributed by atoms with Crippen molar-refractivity contribution in [2.45, 2.75) is 12.6 Å². The zero-order chi connectivity index (χ0) is 13.1. The summed E-state index contributed by atoms with van der Waals surface area (Å²) >= 11 is 0. The summed E-state index contributed by atoms with van der Waals surface area (Å²) < 4.78 is 7.64. The summed E-state index contributed by atoms with van der Waals surface area (Å²) in [5.41, 5.74) is 2.65. The quantitative estimate of drug-likeness (QED) is 0.868. The Morgan fingerprint density at radius 2 is 2.32 bits per heavy atom. The highest BCUT2D eigenvalue weighted by Gasteiger charge is 2.12. The maximum absolute atomic E-state index is 5.45. The van der Waals surface area contributed by atoms with Crippen LogP contribution >= 0.6 is 0 Å². The predicted octanol–water partition coefficient (Wildman–Crippen LogP) is 1.26. The largest absolute Gasteiger partial charge is 0.378 e. The van der Waals surface area contributed by atoms with Crippen LogP contribution in [-0.4, -0.2) is 36.9 Å². The average molecular weight is 259 g/mol. The summed E-state index contributed by atoms with van der Waals surface area (Å²) in [4.78, 5) is 0. The van der Waals surface area contributed by atoms with Crippen molar-refractivity contribution in [3.8, 4) is 0 Å². The van der Waals surface area contributed by atoms with Crippen LogP contribution in [0.5, 0.6) is 0 Å². The molecule has 0 amide bonds. The highest BCUT2D eigenvalue weighted by Crippen LogP contribution is 2.19. The van der Waals surface area contributed by atoms with Crippen LogP contribution in [-0.2, 0) is 18.3 Å². The molecule has 4 heteroatoms. The fraction of sp³-hybridized carbons (Fsp3) is 0.467. The van der Waals surface area contributed by atoms with Crippen LogP contribution in [0.25, 0.3) is 10.9 Å². The van der Waals surface area contributed by atoms with Crippen molar-refractivity contribution >= 4 is 10.9 Å². The molecule has 1 aliphatic rings. The van der Waals surface area contributed by atoms with Crippen molar-refractivity contribution < 1.29 is 4.74 Å². The zero-order valence-electron chi connectivity index (χ0n) is 11.4. The monoisotopic (exact) mass is 259 g/mol. The highest BCUT2D eigenvalue weighted by molar-refractivity contribution is 5.83. The van der Waals surface area contributed by atoms with E-state index in [1.807, 2.05) is 0 Å². The Bertz CT molecular complexity index is 543. The molecule has 4 nitrogen and oxygen atoms in total. The fourth-order valence-corrected chi connectivity index (χ4v) is 2.70. The summed E-state index contributed by atoms with van der Waals surface area (Å²) in [6.45, 7) is 4.45. The molecule has 102 valence electrons. The van der Waals surface area contributed by atoms with E-state index in [1.165, 1.54) is 16.5 Å². The molecule has 0 radical (unpaired) electrons. The molecule has 1 saturated heterocycles. The SMILES string of the molecule is Cn1cc(CNCC2COCCN2)c2ccccc21. The van der Waals surface area contributed by atoms with Gasteiger partial charge in [0, 0.05) is 49.8 Å². The second-order valence-corrected chi connectivity index (χ2v) is 5.14. The number of hydrogen-bond donors (Lipinski definition) is 2. The van der Waals surface area contributed by atoms with Gasteiger partial charge in [0.25, 0.3) is 0 Å². The summed E-state index contributed by atoms with van der Waals surface area (Å²) in [5.74, 6) is 0. The molecule has 0 bridgehead atoms. The summed E-state index contributed by atoms with van der Waals surface area (Å²) in [5, 5.41) is 8.31. The Kier molecular flexibility index (Phi) is 3.82. The number of aryl methyl sites for hydroxylation is 1. The number of fused-ring (bicyclic) bond motifs is 1. The minimum absolute atomic E-state index is 0.434. The Labute approximate surface area is 113 Å². The lowest BCUT2D eigenvalue weighted by atomic mass is 10.1. The Hall–Kier alpha value is -1.36. The van der Waals surface area contributed by atoms with E-state index < -0.39 is 0 Å². The maximum Gasteiger partial charge on any atom is 0.0632 e. The van der Waals surface area contributed by atoms with Crippen molar-refractivity contribution in [1.29, 1.82) is 0 Å². The van der Waals surface area contributed by atoms with Gasteiger partial charge in [-0.15, -0.1) is 0 Å². The van der Waals surface area contributed by atoms with Crippen LogP contribution in [0.3, 0.4) is 0 Å². The minimum atomic E-state index is 0.434. The molecule has 0 spiro atoms. The molecule has 1 unspecified atom stereocenters. The van der Waals surface area contributed by atoms with E-state index in [2.05, 4.69) is 52.7 Å². The van der Waals surface area contributed by atoms with Gasteiger partial charge >= 0.3 is 0 Å². The second-order valence-electron chi connectivity index (χ2n) is 5.14. The van der Waals surface area contributed by atoms with Gasteiger partial charge in [0.1, 0.15) is 0 Å². The van der Waals surface area contributed by atoms with Crippen LogP contribution in [0.1, 0.15) is 5.56 Å². The van der Waals surface area contributed by atoms with Gasteiger partial charge in [-0.1, -0.05) is 18.2 Å². The third-order valence-corrected chi connectivity index (χ3v) is 3.68. The molecule has 0 saturated carbocycles. The first kappa shape index (κ1) is 12.7. The van der Waals surface area contributed by atoms with Gasteiger partial charge < -0.3 is 19.9 Å². The first-order chi connectivity index (χ1) is 9.34. The topological polar surface area (TPSA) is 38.2 Å². The lowest BCUT2D eigenvalue weighted by molar-refractivity contribution is 0.0766. The number of para-hydroxylation sites is 1. The maximum atomic E-state index is 5.45. The van der Waals surface area contributed by atoms with Crippen molar-refractivity contribution in [2.24, 2.45) is 7.05 Å². The smallest absolute Gasteiger partial charge is 0.0632 e. The molecule has 1 aromatic carbocycles. The summed E-state index contributed by atoms with van der Waals surface area (Å²) in [6.07, 6.45) is 2.21. The van der Waals surface area contributed by atoms with Gasteiger partial charge in [0.15, 0.2) is 0 Å². The van der Waals surface area contributed by atoms with E-state index in [9.17, 15) is 0 Å². The average Bonchev–Trinajstić information content (AvgIpc) is 2.78. The molecule has 2 aromatic rings. The Balaban J connectivity index is 1.62. The van der Waals surface area contributed by atoms with Crippen LogP contribution < -0.4 is 10.6 Å². The first-order valence-electron chi connectivity index (χ1n) is 6.89. The normalized spacial score (nSPS) is 19.9. The van der Waals surface area contributed by atoms with Crippen molar-refractivity contribution in [1.82, 2.24) is 15.2 Å². The number of benzene rings is 1. The van der Waals surface area contributed by atoms with E-state index in [-0.39, 0.29) is 0 Å². The number of ether oxygens (including phenoxy) is 1. The molecule has 2 heterocycles. The molecule has 1 fully saturated rings. The number of nitrogens with one attached hydrogen (secondary N) is 2. The Morgan fingerprint density at radius 3 is 3.16 bits per heavy atom. The third kappa shape index (κ3) is 2.81. The molecule has 1 aromatic heterocycles. The molecule has 0 aliphatic carbocycles. The molecule has 3 rings (SSSR count). The number of rotatable bonds is 4. The molecular formula is C15H21N3O. The van der Waals surface area contributed by atoms with E-state index in [4.69, 9.17) is 4.74 Å². The van der Waals surface area contributed by atoms with Gasteiger partial charge in [-0.2, -0.15) is 0 Å². The van der Waals surface area contributed by atoms with Crippen molar-refractivity contribution in [3.05, 3.63) is 36.0 Å². The van der Waals surface area contributed by atoms with Crippen LogP contribution in [0.4, 0.5) is 0 Å². The van der Waals surface area contributed by atoms with Gasteiger partial charge in [-0.05, 0) is 11.6 Å². The summed E-state index contributed by atoms with van der Waals surface area (Å²) in [6, 6.07) is 8.97. The second kappa shape index (κ2) is 5.74. The van der Waals surface area contributed by atoms with Gasteiger partial charge in [0.2, 0.25) is 0 Å². The van der Waals surface area contributed by atoms with Gasteiger partial charge in [-0.3, -0.25) is 0 Å². The summed E-state index contributed by atoms with van der Waals surface area (Å²) in [7, 11) is 2.10. The minimum Gasteiger partial charge on any atom is -0.378 e. The lowest BCUT2D eigenvalue weighted by Crippen LogP contribution is -2.47. The fourth-order valence-electron chi connectivity index (χ4n) is 2.70. The van der Waals surface area contributed by atoms with Gasteiger partial charge in [0.05, 0.1) is 13.2 Å². The van der Waals surface area contributed by atoms with E-state index in [0.29, 0.717) is 6.04 Å². The molecule has 1 aliphatic heterocycles. The van der Waals surface area contributed by atoms with E-state index in [0.717, 1.165) is 32.8 Å². The number of nitrogens with zero attached hydrogens (tertiary/aromatic N) is 1. The standard InChI is InChI=1S/C15H21N3O/c1-18-10-12(14-4-2-3-5-15(14)18)8-16-9-13-11-19-7-6-17-13/h2-5,10,13,16-17H,6-9,11H2,1H3. The van der Waals surface area contributed by atoms with E-state index >= 15 is 0 Å². The van der Waals surface area contributed by atoms with Crippen LogP contribution in [0.15, 0.2) is 30.5 Å². The molecule has 19 heavy (non-hydrogen) atoms. The highest BCUT2D eigenvalue weighted by atomic mass is 16.5. The Morgan fingerprint density at radius 1 is 1.42 bits per heavy atom. The number of hydrogen-bond acceptors (Lipinski definition) is 3. The first-order valence-corrected chi connectivity index (χ1v) is 6.89. The lowest BCUT2D eigenvalue weighted by Gasteiger charge is -2.23. The zero-order valence-corrected chi connectivity index (χ0v) is 11.4. The van der Waals surface area contributed by atoms with Crippen molar-refractivity contribution in [3.63, 3.8) is 0 Å². The number of morpholine rings is 1. The third-order valence-electron chi connectivity index (χ3n) is 3.68. The number of aromatic nitrogens is 1. The van der Waals surface area contributed by atoms with E-state index in [1.54, 1.807) is 0 Å². The van der Waals surface area contributed by atoms with Gasteiger partial charge in [-0.25, -0.2) is 0 Å². The van der Waals surface area contributed by atoms with Crippen LogP contribution in [0, 0.1) is 0 Å². The predicted molar refractivity (Wildman–Crippen MR) is 77.2 cm³/mol.